The maximum atomic E-state index is 13.5. The molecule has 2 aliphatic carbocycles. The van der Waals surface area contributed by atoms with Crippen LogP contribution in [0.1, 0.15) is 24.8 Å². The lowest BCUT2D eigenvalue weighted by Crippen LogP contribution is -2.16. The highest BCUT2D eigenvalue weighted by Gasteiger charge is 2.47. The Kier molecular flexibility index (Phi) is 2.78. The summed E-state index contributed by atoms with van der Waals surface area (Å²) < 4.78 is 13.5. The van der Waals surface area contributed by atoms with Crippen molar-refractivity contribution >= 4 is 15.9 Å². The summed E-state index contributed by atoms with van der Waals surface area (Å²) in [4.78, 5) is 0.456. The standard InChI is InChI=1S/C14H16BrF/c15-13(12-6-10-5-11(10)7-12)8-9-3-1-2-4-14(9)16/h1-4,10-13H,5-8H2. The van der Waals surface area contributed by atoms with Gasteiger partial charge in [-0.25, -0.2) is 4.39 Å². The SMILES string of the molecule is Fc1ccccc1CC(Br)C1CC2CC2C1. The van der Waals surface area contributed by atoms with Crippen molar-refractivity contribution in [3.8, 4) is 0 Å². The van der Waals surface area contributed by atoms with Crippen LogP contribution in [0.2, 0.25) is 0 Å². The molecule has 2 heteroatoms. The van der Waals surface area contributed by atoms with Gasteiger partial charge in [0, 0.05) is 4.83 Å². The van der Waals surface area contributed by atoms with Crippen LogP contribution < -0.4 is 0 Å². The third kappa shape index (κ3) is 2.04. The molecule has 0 saturated heterocycles. The molecule has 0 aromatic heterocycles. The molecule has 0 radical (unpaired) electrons. The van der Waals surface area contributed by atoms with Gasteiger partial charge in [-0.3, -0.25) is 0 Å². The highest BCUT2D eigenvalue weighted by Crippen LogP contribution is 2.56. The van der Waals surface area contributed by atoms with E-state index in [9.17, 15) is 4.39 Å². The lowest BCUT2D eigenvalue weighted by molar-refractivity contribution is 0.466. The average molecular weight is 283 g/mol. The first-order chi connectivity index (χ1) is 7.74. The van der Waals surface area contributed by atoms with Crippen LogP contribution in [0.5, 0.6) is 0 Å². The van der Waals surface area contributed by atoms with E-state index in [0.29, 0.717) is 4.83 Å². The fraction of sp³-hybridized carbons (Fsp3) is 0.571. The topological polar surface area (TPSA) is 0 Å². The predicted octanol–water partition coefficient (Wildman–Crippen LogP) is 4.18. The molecule has 3 rings (SSSR count). The summed E-state index contributed by atoms with van der Waals surface area (Å²) in [6, 6.07) is 7.14. The minimum Gasteiger partial charge on any atom is -0.207 e. The van der Waals surface area contributed by atoms with E-state index in [1.54, 1.807) is 12.1 Å². The van der Waals surface area contributed by atoms with Crippen LogP contribution in [0.4, 0.5) is 4.39 Å². The Morgan fingerprint density at radius 1 is 1.19 bits per heavy atom. The van der Waals surface area contributed by atoms with E-state index in [-0.39, 0.29) is 5.82 Å². The smallest absolute Gasteiger partial charge is 0.126 e. The second-order valence-electron chi connectivity index (χ2n) is 5.30. The second kappa shape index (κ2) is 4.14. The number of halogens is 2. The van der Waals surface area contributed by atoms with Gasteiger partial charge in [0.05, 0.1) is 0 Å². The molecule has 2 aliphatic rings. The lowest BCUT2D eigenvalue weighted by Gasteiger charge is -2.19. The minimum atomic E-state index is -0.0601. The van der Waals surface area contributed by atoms with E-state index in [1.165, 1.54) is 19.3 Å². The van der Waals surface area contributed by atoms with Crippen molar-refractivity contribution in [1.29, 1.82) is 0 Å². The molecule has 0 amide bonds. The Morgan fingerprint density at radius 2 is 1.88 bits per heavy atom. The van der Waals surface area contributed by atoms with E-state index >= 15 is 0 Å². The van der Waals surface area contributed by atoms with E-state index in [4.69, 9.17) is 0 Å². The Bertz CT molecular complexity index is 380. The molecule has 3 atom stereocenters. The summed E-state index contributed by atoms with van der Waals surface area (Å²) in [5, 5.41) is 0. The molecule has 1 aromatic rings. The number of fused-ring (bicyclic) bond motifs is 1. The Balaban J connectivity index is 1.64. The molecule has 2 saturated carbocycles. The van der Waals surface area contributed by atoms with Crippen LogP contribution in [0, 0.1) is 23.6 Å². The van der Waals surface area contributed by atoms with Crippen molar-refractivity contribution in [2.45, 2.75) is 30.5 Å². The van der Waals surface area contributed by atoms with Gasteiger partial charge in [-0.1, -0.05) is 34.1 Å². The van der Waals surface area contributed by atoms with Crippen LogP contribution in [-0.2, 0) is 6.42 Å². The fourth-order valence-corrected chi connectivity index (χ4v) is 3.88. The predicted molar refractivity (Wildman–Crippen MR) is 67.1 cm³/mol. The van der Waals surface area contributed by atoms with Crippen LogP contribution in [0.15, 0.2) is 24.3 Å². The zero-order valence-corrected chi connectivity index (χ0v) is 10.8. The summed E-state index contributed by atoms with van der Waals surface area (Å²) in [5.41, 5.74) is 0.852. The monoisotopic (exact) mass is 282 g/mol. The average Bonchev–Trinajstić information content (AvgIpc) is 2.89. The van der Waals surface area contributed by atoms with Crippen LogP contribution in [0.25, 0.3) is 0 Å². The molecule has 86 valence electrons. The first-order valence-corrected chi connectivity index (χ1v) is 7.03. The highest BCUT2D eigenvalue weighted by atomic mass is 79.9. The third-order valence-corrected chi connectivity index (χ3v) is 5.24. The van der Waals surface area contributed by atoms with Gasteiger partial charge in [0.25, 0.3) is 0 Å². The zero-order valence-electron chi connectivity index (χ0n) is 9.20. The number of benzene rings is 1. The normalized spacial score (nSPS) is 33.5. The van der Waals surface area contributed by atoms with Crippen LogP contribution >= 0.6 is 15.9 Å². The van der Waals surface area contributed by atoms with Crippen molar-refractivity contribution in [3.05, 3.63) is 35.6 Å². The zero-order chi connectivity index (χ0) is 11.1. The summed E-state index contributed by atoms with van der Waals surface area (Å²) >= 11 is 3.76. The van der Waals surface area contributed by atoms with Crippen molar-refractivity contribution in [2.24, 2.45) is 17.8 Å². The molecular formula is C14H16BrF. The molecule has 1 aromatic carbocycles. The van der Waals surface area contributed by atoms with E-state index < -0.39 is 0 Å². The lowest BCUT2D eigenvalue weighted by atomic mass is 9.95. The van der Waals surface area contributed by atoms with E-state index in [0.717, 1.165) is 29.7 Å². The van der Waals surface area contributed by atoms with Gasteiger partial charge in [-0.05, 0) is 55.1 Å². The number of alkyl halides is 1. The molecule has 3 unspecified atom stereocenters. The van der Waals surface area contributed by atoms with Gasteiger partial charge in [-0.15, -0.1) is 0 Å². The Morgan fingerprint density at radius 3 is 2.56 bits per heavy atom. The minimum absolute atomic E-state index is 0.0601. The van der Waals surface area contributed by atoms with Crippen LogP contribution in [0.3, 0.4) is 0 Å². The van der Waals surface area contributed by atoms with Crippen molar-refractivity contribution in [2.75, 3.05) is 0 Å². The van der Waals surface area contributed by atoms with Crippen LogP contribution in [-0.4, -0.2) is 4.83 Å². The molecule has 2 fully saturated rings. The number of hydrogen-bond acceptors (Lipinski definition) is 0. The fourth-order valence-electron chi connectivity index (χ4n) is 3.10. The highest BCUT2D eigenvalue weighted by molar-refractivity contribution is 9.09. The molecule has 0 bridgehead atoms. The van der Waals surface area contributed by atoms with Gasteiger partial charge < -0.3 is 0 Å². The summed E-state index contributed by atoms with van der Waals surface area (Å²) in [7, 11) is 0. The quantitative estimate of drug-likeness (QED) is 0.730. The molecule has 0 heterocycles. The van der Waals surface area contributed by atoms with Crippen molar-refractivity contribution in [1.82, 2.24) is 0 Å². The summed E-state index contributed by atoms with van der Waals surface area (Å²) in [6.07, 6.45) is 5.00. The van der Waals surface area contributed by atoms with Gasteiger partial charge >= 0.3 is 0 Å². The molecule has 0 spiro atoms. The Hall–Kier alpha value is -0.370. The Labute approximate surface area is 104 Å². The maximum absolute atomic E-state index is 13.5. The first kappa shape index (κ1) is 10.8. The third-order valence-electron chi connectivity index (χ3n) is 4.16. The van der Waals surface area contributed by atoms with Gasteiger partial charge in [0.1, 0.15) is 5.82 Å². The largest absolute Gasteiger partial charge is 0.207 e. The second-order valence-corrected chi connectivity index (χ2v) is 6.48. The number of hydrogen-bond donors (Lipinski definition) is 0. The van der Waals surface area contributed by atoms with Gasteiger partial charge in [-0.2, -0.15) is 0 Å². The molecule has 0 aliphatic heterocycles. The number of rotatable bonds is 3. The molecule has 0 N–H and O–H groups in total. The van der Waals surface area contributed by atoms with Gasteiger partial charge in [0.2, 0.25) is 0 Å². The molecular weight excluding hydrogens is 267 g/mol. The summed E-state index contributed by atoms with van der Waals surface area (Å²) in [6.45, 7) is 0. The van der Waals surface area contributed by atoms with Crippen molar-refractivity contribution in [3.63, 3.8) is 0 Å². The molecule has 16 heavy (non-hydrogen) atoms. The van der Waals surface area contributed by atoms with E-state index in [2.05, 4.69) is 15.9 Å². The van der Waals surface area contributed by atoms with Gasteiger partial charge in [0.15, 0.2) is 0 Å². The molecule has 0 nitrogen and oxygen atoms in total. The van der Waals surface area contributed by atoms with E-state index in [1.807, 2.05) is 12.1 Å². The first-order valence-electron chi connectivity index (χ1n) is 6.11. The maximum Gasteiger partial charge on any atom is 0.126 e. The summed E-state index contributed by atoms with van der Waals surface area (Å²) in [5.74, 6) is 2.72. The van der Waals surface area contributed by atoms with Crippen molar-refractivity contribution < 1.29 is 4.39 Å².